The molecule has 1 aromatic carbocycles. The molecule has 2 heterocycles. The second-order valence-electron chi connectivity index (χ2n) is 5.25. The number of aryl methyl sites for hydroxylation is 1. The molecule has 3 aromatic rings. The lowest BCUT2D eigenvalue weighted by atomic mass is 10.0. The summed E-state index contributed by atoms with van der Waals surface area (Å²) in [4.78, 5) is 20.6. The summed E-state index contributed by atoms with van der Waals surface area (Å²) < 4.78 is 1.87. The Labute approximate surface area is 139 Å². The van der Waals surface area contributed by atoms with Crippen LogP contribution in [-0.2, 0) is 7.05 Å². The highest BCUT2D eigenvalue weighted by Gasteiger charge is 2.16. The van der Waals surface area contributed by atoms with Gasteiger partial charge in [0.25, 0.3) is 5.91 Å². The van der Waals surface area contributed by atoms with E-state index in [1.165, 1.54) is 0 Å². The Morgan fingerprint density at radius 3 is 2.83 bits per heavy atom. The highest BCUT2D eigenvalue weighted by Crippen LogP contribution is 2.30. The van der Waals surface area contributed by atoms with Crippen molar-refractivity contribution in [1.29, 1.82) is 5.26 Å². The van der Waals surface area contributed by atoms with Crippen LogP contribution in [-0.4, -0.2) is 27.5 Å². The highest BCUT2D eigenvalue weighted by atomic mass is 16.1. The van der Waals surface area contributed by atoms with Gasteiger partial charge in [-0.3, -0.25) is 9.78 Å². The minimum atomic E-state index is -0.148. The monoisotopic (exact) mass is 317 g/mol. The third-order valence-corrected chi connectivity index (χ3v) is 3.69. The summed E-state index contributed by atoms with van der Waals surface area (Å²) in [6, 6.07) is 12.8. The Morgan fingerprint density at radius 2 is 2.08 bits per heavy atom. The van der Waals surface area contributed by atoms with E-state index in [0.717, 1.165) is 11.3 Å². The van der Waals surface area contributed by atoms with Gasteiger partial charge in [0.1, 0.15) is 5.69 Å². The van der Waals surface area contributed by atoms with Crippen LogP contribution in [0.25, 0.3) is 22.6 Å². The Kier molecular flexibility index (Phi) is 4.08. The predicted molar refractivity (Wildman–Crippen MR) is 90.0 cm³/mol. The van der Waals surface area contributed by atoms with Crippen LogP contribution in [0.3, 0.4) is 0 Å². The number of amides is 1. The topological polar surface area (TPSA) is 83.6 Å². The van der Waals surface area contributed by atoms with Crippen LogP contribution in [0.5, 0.6) is 0 Å². The number of nitrogens with one attached hydrogen (secondary N) is 1. The van der Waals surface area contributed by atoms with Crippen molar-refractivity contribution in [3.63, 3.8) is 0 Å². The molecule has 1 amide bonds. The van der Waals surface area contributed by atoms with E-state index in [-0.39, 0.29) is 5.91 Å². The van der Waals surface area contributed by atoms with Crippen molar-refractivity contribution in [2.75, 3.05) is 7.05 Å². The molecular formula is C18H15N5O. The maximum Gasteiger partial charge on any atom is 0.251 e. The van der Waals surface area contributed by atoms with Crippen molar-refractivity contribution in [3.8, 4) is 28.7 Å². The molecule has 0 radical (unpaired) electrons. The van der Waals surface area contributed by atoms with E-state index >= 15 is 0 Å². The molecule has 24 heavy (non-hydrogen) atoms. The van der Waals surface area contributed by atoms with E-state index in [1.54, 1.807) is 37.8 Å². The molecule has 0 saturated carbocycles. The standard InChI is InChI=1S/C18H15N5O/c1-20-18(24)14-5-3-4-13(9-14)17-16(22-11-23(17)2)15-8-12(10-19)6-7-21-15/h3-9,11H,1-2H3,(H,20,24). The summed E-state index contributed by atoms with van der Waals surface area (Å²) in [6.07, 6.45) is 3.28. The lowest BCUT2D eigenvalue weighted by Crippen LogP contribution is -2.17. The third-order valence-electron chi connectivity index (χ3n) is 3.69. The molecule has 0 atom stereocenters. The van der Waals surface area contributed by atoms with Crippen LogP contribution < -0.4 is 5.32 Å². The molecule has 0 spiro atoms. The molecule has 0 saturated heterocycles. The van der Waals surface area contributed by atoms with Crippen molar-refractivity contribution >= 4 is 5.91 Å². The van der Waals surface area contributed by atoms with Gasteiger partial charge >= 0.3 is 0 Å². The first-order chi connectivity index (χ1) is 11.6. The zero-order chi connectivity index (χ0) is 17.1. The Hall–Kier alpha value is -3.46. The molecule has 118 valence electrons. The summed E-state index contributed by atoms with van der Waals surface area (Å²) in [7, 11) is 3.48. The van der Waals surface area contributed by atoms with E-state index < -0.39 is 0 Å². The largest absolute Gasteiger partial charge is 0.355 e. The number of hydrogen-bond acceptors (Lipinski definition) is 4. The Morgan fingerprint density at radius 1 is 1.25 bits per heavy atom. The molecular weight excluding hydrogens is 302 g/mol. The number of carbonyl (C=O) groups is 1. The van der Waals surface area contributed by atoms with Gasteiger partial charge in [-0.25, -0.2) is 4.98 Å². The number of nitriles is 1. The lowest BCUT2D eigenvalue weighted by Gasteiger charge is -2.08. The molecule has 6 heteroatoms. The number of nitrogens with zero attached hydrogens (tertiary/aromatic N) is 4. The number of benzene rings is 1. The molecule has 2 aromatic heterocycles. The number of imidazole rings is 1. The fourth-order valence-electron chi connectivity index (χ4n) is 2.54. The van der Waals surface area contributed by atoms with Crippen LogP contribution in [0.2, 0.25) is 0 Å². The highest BCUT2D eigenvalue weighted by molar-refractivity contribution is 5.95. The van der Waals surface area contributed by atoms with Gasteiger partial charge in [0, 0.05) is 31.4 Å². The maximum atomic E-state index is 11.9. The molecule has 0 unspecified atom stereocenters. The average Bonchev–Trinajstić information content (AvgIpc) is 3.02. The number of carbonyl (C=O) groups excluding carboxylic acids is 1. The average molecular weight is 317 g/mol. The first kappa shape index (κ1) is 15.4. The third kappa shape index (κ3) is 2.75. The second-order valence-corrected chi connectivity index (χ2v) is 5.25. The van der Waals surface area contributed by atoms with E-state index in [0.29, 0.717) is 22.5 Å². The van der Waals surface area contributed by atoms with E-state index in [9.17, 15) is 4.79 Å². The van der Waals surface area contributed by atoms with Crippen molar-refractivity contribution in [1.82, 2.24) is 19.9 Å². The second kappa shape index (κ2) is 6.34. The van der Waals surface area contributed by atoms with Gasteiger partial charge in [-0.05, 0) is 24.3 Å². The molecule has 0 aliphatic heterocycles. The van der Waals surface area contributed by atoms with Gasteiger partial charge in [-0.2, -0.15) is 5.26 Å². The SMILES string of the molecule is CNC(=O)c1cccc(-c2c(-c3cc(C#N)ccn3)ncn2C)c1. The quantitative estimate of drug-likeness (QED) is 0.804. The summed E-state index contributed by atoms with van der Waals surface area (Å²) in [5, 5.41) is 11.7. The van der Waals surface area contributed by atoms with Crippen molar-refractivity contribution in [2.45, 2.75) is 0 Å². The van der Waals surface area contributed by atoms with Crippen LogP contribution >= 0.6 is 0 Å². The predicted octanol–water partition coefficient (Wildman–Crippen LogP) is 2.38. The zero-order valence-corrected chi connectivity index (χ0v) is 13.3. The lowest BCUT2D eigenvalue weighted by molar-refractivity contribution is 0.0963. The minimum Gasteiger partial charge on any atom is -0.355 e. The van der Waals surface area contributed by atoms with Crippen LogP contribution in [0.15, 0.2) is 48.9 Å². The van der Waals surface area contributed by atoms with Crippen LogP contribution in [0.1, 0.15) is 15.9 Å². The van der Waals surface area contributed by atoms with Gasteiger partial charge in [0.15, 0.2) is 0 Å². The van der Waals surface area contributed by atoms with E-state index in [4.69, 9.17) is 5.26 Å². The molecule has 1 N–H and O–H groups in total. The van der Waals surface area contributed by atoms with Crippen LogP contribution in [0, 0.1) is 11.3 Å². The first-order valence-electron chi connectivity index (χ1n) is 7.34. The minimum absolute atomic E-state index is 0.148. The summed E-state index contributed by atoms with van der Waals surface area (Å²) in [5.74, 6) is -0.148. The number of hydrogen-bond donors (Lipinski definition) is 1. The normalized spacial score (nSPS) is 10.2. The van der Waals surface area contributed by atoms with Crippen molar-refractivity contribution < 1.29 is 4.79 Å². The molecule has 0 bridgehead atoms. The summed E-state index contributed by atoms with van der Waals surface area (Å²) in [5.41, 5.74) is 4.08. The number of rotatable bonds is 3. The fraction of sp³-hybridized carbons (Fsp3) is 0.111. The zero-order valence-electron chi connectivity index (χ0n) is 13.3. The van der Waals surface area contributed by atoms with Crippen LogP contribution in [0.4, 0.5) is 0 Å². The number of pyridine rings is 1. The maximum absolute atomic E-state index is 11.9. The first-order valence-corrected chi connectivity index (χ1v) is 7.34. The Bertz CT molecular complexity index is 952. The van der Waals surface area contributed by atoms with E-state index in [1.807, 2.05) is 29.8 Å². The molecule has 0 aliphatic carbocycles. The van der Waals surface area contributed by atoms with Crippen molar-refractivity contribution in [3.05, 3.63) is 60.0 Å². The molecule has 6 nitrogen and oxygen atoms in total. The van der Waals surface area contributed by atoms with Gasteiger partial charge in [0.05, 0.1) is 29.3 Å². The molecule has 0 fully saturated rings. The summed E-state index contributed by atoms with van der Waals surface area (Å²) >= 11 is 0. The molecule has 3 rings (SSSR count). The molecule has 0 aliphatic rings. The fourth-order valence-corrected chi connectivity index (χ4v) is 2.54. The van der Waals surface area contributed by atoms with Gasteiger partial charge < -0.3 is 9.88 Å². The number of aromatic nitrogens is 3. The Balaban J connectivity index is 2.15. The smallest absolute Gasteiger partial charge is 0.251 e. The van der Waals surface area contributed by atoms with Gasteiger partial charge in [0.2, 0.25) is 0 Å². The summed E-state index contributed by atoms with van der Waals surface area (Å²) in [6.45, 7) is 0. The van der Waals surface area contributed by atoms with E-state index in [2.05, 4.69) is 21.4 Å². The van der Waals surface area contributed by atoms with Gasteiger partial charge in [-0.15, -0.1) is 0 Å². The van der Waals surface area contributed by atoms with Crippen molar-refractivity contribution in [2.24, 2.45) is 7.05 Å². The van der Waals surface area contributed by atoms with Gasteiger partial charge in [-0.1, -0.05) is 12.1 Å².